The molecule has 3 nitrogen and oxygen atoms in total. The summed E-state index contributed by atoms with van der Waals surface area (Å²) in [6.07, 6.45) is 8.12. The number of aliphatic hydroxyl groups is 1. The highest BCUT2D eigenvalue weighted by Crippen LogP contribution is 2.31. The minimum atomic E-state index is -0.578. The number of carbonyl (C=O) groups is 1. The van der Waals surface area contributed by atoms with Crippen molar-refractivity contribution in [2.45, 2.75) is 38.2 Å². The van der Waals surface area contributed by atoms with E-state index in [0.29, 0.717) is 25.4 Å². The second kappa shape index (κ2) is 7.26. The molecule has 1 heterocycles. The maximum Gasteiger partial charge on any atom is 0.223 e. The Morgan fingerprint density at radius 2 is 1.91 bits per heavy atom. The van der Waals surface area contributed by atoms with Crippen LogP contribution in [-0.4, -0.2) is 29.0 Å². The first-order valence-electron chi connectivity index (χ1n) is 8.51. The zero-order valence-corrected chi connectivity index (χ0v) is 13.3. The minimum absolute atomic E-state index is 0.135. The van der Waals surface area contributed by atoms with E-state index in [4.69, 9.17) is 0 Å². The summed E-state index contributed by atoms with van der Waals surface area (Å²) in [5.74, 6) is 0.486. The zero-order chi connectivity index (χ0) is 16.2. The Kier molecular flexibility index (Phi) is 5.11. The van der Waals surface area contributed by atoms with Gasteiger partial charge in [-0.1, -0.05) is 24.3 Å². The third kappa shape index (κ3) is 3.99. The van der Waals surface area contributed by atoms with Crippen LogP contribution >= 0.6 is 0 Å². The van der Waals surface area contributed by atoms with E-state index in [1.54, 1.807) is 12.1 Å². The summed E-state index contributed by atoms with van der Waals surface area (Å²) in [6.45, 7) is 1.41. The van der Waals surface area contributed by atoms with Gasteiger partial charge in [-0.05, 0) is 55.2 Å². The number of carbonyl (C=O) groups excluding carboxylic acids is 1. The van der Waals surface area contributed by atoms with Gasteiger partial charge in [-0.3, -0.25) is 4.79 Å². The molecule has 1 saturated heterocycles. The topological polar surface area (TPSA) is 40.5 Å². The average molecular weight is 317 g/mol. The van der Waals surface area contributed by atoms with Crippen LogP contribution in [0, 0.1) is 17.7 Å². The first kappa shape index (κ1) is 16.2. The van der Waals surface area contributed by atoms with Gasteiger partial charge in [-0.2, -0.15) is 0 Å². The second-order valence-corrected chi connectivity index (χ2v) is 6.68. The molecule has 0 radical (unpaired) electrons. The number of benzene rings is 1. The van der Waals surface area contributed by atoms with Gasteiger partial charge < -0.3 is 10.0 Å². The standard InChI is InChI=1S/C19H24FNO2/c20-17-7-5-15(6-8-17)19(23)16-9-11-21(12-10-16)18(22)13-14-3-1-2-4-14/h1,3,5-8,14,16,19,23H,2,4,9-13H2. The van der Waals surface area contributed by atoms with Crippen LogP contribution in [0.5, 0.6) is 0 Å². The van der Waals surface area contributed by atoms with Gasteiger partial charge in [0.05, 0.1) is 6.10 Å². The fourth-order valence-electron chi connectivity index (χ4n) is 3.62. The highest BCUT2D eigenvalue weighted by atomic mass is 19.1. The molecule has 1 N–H and O–H groups in total. The van der Waals surface area contributed by atoms with Gasteiger partial charge >= 0.3 is 0 Å². The Balaban J connectivity index is 1.50. The summed E-state index contributed by atoms with van der Waals surface area (Å²) in [7, 11) is 0. The van der Waals surface area contributed by atoms with Crippen LogP contribution < -0.4 is 0 Å². The van der Waals surface area contributed by atoms with Gasteiger partial charge in [0.15, 0.2) is 0 Å². The molecule has 2 aliphatic rings. The zero-order valence-electron chi connectivity index (χ0n) is 13.3. The van der Waals surface area contributed by atoms with Crippen LogP contribution in [0.2, 0.25) is 0 Å². The van der Waals surface area contributed by atoms with Crippen LogP contribution in [0.3, 0.4) is 0 Å². The van der Waals surface area contributed by atoms with Gasteiger partial charge in [-0.15, -0.1) is 0 Å². The molecule has 1 aromatic carbocycles. The van der Waals surface area contributed by atoms with Gasteiger partial charge in [0.25, 0.3) is 0 Å². The van der Waals surface area contributed by atoms with Crippen molar-refractivity contribution in [2.75, 3.05) is 13.1 Å². The van der Waals surface area contributed by atoms with Crippen LogP contribution in [0.4, 0.5) is 4.39 Å². The van der Waals surface area contributed by atoms with Crippen molar-refractivity contribution < 1.29 is 14.3 Å². The lowest BCUT2D eigenvalue weighted by molar-refractivity contribution is -0.133. The molecule has 23 heavy (non-hydrogen) atoms. The Morgan fingerprint density at radius 3 is 2.52 bits per heavy atom. The summed E-state index contributed by atoms with van der Waals surface area (Å²) in [6, 6.07) is 6.05. The molecule has 1 aliphatic heterocycles. The molecule has 1 amide bonds. The maximum absolute atomic E-state index is 13.0. The maximum atomic E-state index is 13.0. The molecule has 1 fully saturated rings. The smallest absolute Gasteiger partial charge is 0.223 e. The van der Waals surface area contributed by atoms with E-state index < -0.39 is 6.10 Å². The lowest BCUT2D eigenvalue weighted by Crippen LogP contribution is -2.40. The summed E-state index contributed by atoms with van der Waals surface area (Å²) >= 11 is 0. The SMILES string of the molecule is O=C(CC1C=CCC1)N1CCC(C(O)c2ccc(F)cc2)CC1. The molecule has 0 spiro atoms. The average Bonchev–Trinajstić information content (AvgIpc) is 3.08. The molecule has 2 atom stereocenters. The number of aliphatic hydroxyl groups excluding tert-OH is 1. The molecule has 124 valence electrons. The Hall–Kier alpha value is -1.68. The van der Waals surface area contributed by atoms with Crippen molar-refractivity contribution in [3.8, 4) is 0 Å². The van der Waals surface area contributed by atoms with Gasteiger partial charge in [0.2, 0.25) is 5.91 Å². The fourth-order valence-corrected chi connectivity index (χ4v) is 3.62. The predicted molar refractivity (Wildman–Crippen MR) is 87.1 cm³/mol. The molecule has 1 aliphatic carbocycles. The second-order valence-electron chi connectivity index (χ2n) is 6.68. The molecule has 0 saturated carbocycles. The first-order valence-corrected chi connectivity index (χ1v) is 8.51. The number of rotatable bonds is 4. The highest BCUT2D eigenvalue weighted by Gasteiger charge is 2.29. The largest absolute Gasteiger partial charge is 0.388 e. The molecule has 0 bridgehead atoms. The van der Waals surface area contributed by atoms with Crippen LogP contribution in [0.15, 0.2) is 36.4 Å². The van der Waals surface area contributed by atoms with Crippen molar-refractivity contribution in [2.24, 2.45) is 11.8 Å². The van der Waals surface area contributed by atoms with Crippen LogP contribution in [0.1, 0.15) is 43.8 Å². The molecule has 3 rings (SSSR count). The number of hydrogen-bond donors (Lipinski definition) is 1. The summed E-state index contributed by atoms with van der Waals surface area (Å²) < 4.78 is 13.0. The monoisotopic (exact) mass is 317 g/mol. The third-order valence-corrected chi connectivity index (χ3v) is 5.10. The Labute approximate surface area is 136 Å². The first-order chi connectivity index (χ1) is 11.1. The quantitative estimate of drug-likeness (QED) is 0.864. The van der Waals surface area contributed by atoms with E-state index in [-0.39, 0.29) is 17.6 Å². The van der Waals surface area contributed by atoms with Crippen LogP contribution in [0.25, 0.3) is 0 Å². The minimum Gasteiger partial charge on any atom is -0.388 e. The van der Waals surface area contributed by atoms with E-state index >= 15 is 0 Å². The lowest BCUT2D eigenvalue weighted by atomic mass is 9.87. The van der Waals surface area contributed by atoms with Crippen molar-refractivity contribution in [1.82, 2.24) is 4.90 Å². The predicted octanol–water partition coefficient (Wildman–Crippen LogP) is 3.45. The van der Waals surface area contributed by atoms with E-state index in [9.17, 15) is 14.3 Å². The van der Waals surface area contributed by atoms with E-state index in [2.05, 4.69) is 12.2 Å². The fraction of sp³-hybridized carbons (Fsp3) is 0.526. The van der Waals surface area contributed by atoms with E-state index in [0.717, 1.165) is 31.2 Å². The molecule has 4 heteroatoms. The molecule has 0 aromatic heterocycles. The third-order valence-electron chi connectivity index (χ3n) is 5.10. The normalized spacial score (nSPS) is 23.2. The van der Waals surface area contributed by atoms with Crippen molar-refractivity contribution in [1.29, 1.82) is 0 Å². The van der Waals surface area contributed by atoms with Crippen molar-refractivity contribution in [3.63, 3.8) is 0 Å². The van der Waals surface area contributed by atoms with Gasteiger partial charge in [-0.25, -0.2) is 4.39 Å². The van der Waals surface area contributed by atoms with Crippen molar-refractivity contribution >= 4 is 5.91 Å². The lowest BCUT2D eigenvalue weighted by Gasteiger charge is -2.34. The number of likely N-dealkylation sites (tertiary alicyclic amines) is 1. The van der Waals surface area contributed by atoms with E-state index in [1.807, 2.05) is 4.90 Å². The highest BCUT2D eigenvalue weighted by molar-refractivity contribution is 5.76. The number of nitrogens with zero attached hydrogens (tertiary/aromatic N) is 1. The van der Waals surface area contributed by atoms with E-state index in [1.165, 1.54) is 12.1 Å². The molecular weight excluding hydrogens is 293 g/mol. The van der Waals surface area contributed by atoms with Gasteiger partial charge in [0, 0.05) is 19.5 Å². The summed E-state index contributed by atoms with van der Waals surface area (Å²) in [4.78, 5) is 14.3. The summed E-state index contributed by atoms with van der Waals surface area (Å²) in [5.41, 5.74) is 0.757. The Morgan fingerprint density at radius 1 is 1.22 bits per heavy atom. The number of amides is 1. The summed E-state index contributed by atoms with van der Waals surface area (Å²) in [5, 5.41) is 10.5. The molecular formula is C19H24FNO2. The van der Waals surface area contributed by atoms with Gasteiger partial charge in [0.1, 0.15) is 5.82 Å². The number of allylic oxidation sites excluding steroid dienone is 2. The van der Waals surface area contributed by atoms with Crippen molar-refractivity contribution in [3.05, 3.63) is 47.8 Å². The molecule has 1 aromatic rings. The number of halogens is 1. The number of piperidine rings is 1. The Bertz CT molecular complexity index is 561. The molecule has 2 unspecified atom stereocenters. The number of hydrogen-bond acceptors (Lipinski definition) is 2. The van der Waals surface area contributed by atoms with Crippen LogP contribution in [-0.2, 0) is 4.79 Å².